The third kappa shape index (κ3) is 2.71. The van der Waals surface area contributed by atoms with Gasteiger partial charge in [-0.2, -0.15) is 5.10 Å². The van der Waals surface area contributed by atoms with E-state index in [4.69, 9.17) is 0 Å². The molecule has 0 amide bonds. The number of sulfonamides is 1. The van der Waals surface area contributed by atoms with Gasteiger partial charge in [-0.1, -0.05) is 18.2 Å². The van der Waals surface area contributed by atoms with Crippen LogP contribution >= 0.6 is 0 Å². The molecule has 22 heavy (non-hydrogen) atoms. The number of hydrogen-bond donors (Lipinski definition) is 1. The van der Waals surface area contributed by atoms with E-state index in [2.05, 4.69) is 14.8 Å². The maximum atomic E-state index is 12.4. The van der Waals surface area contributed by atoms with Gasteiger partial charge in [0.1, 0.15) is 10.7 Å². The van der Waals surface area contributed by atoms with Crippen molar-refractivity contribution in [2.75, 3.05) is 4.72 Å². The zero-order valence-electron chi connectivity index (χ0n) is 11.8. The highest BCUT2D eigenvalue weighted by Crippen LogP contribution is 2.20. The zero-order chi connectivity index (χ0) is 15.6. The van der Waals surface area contributed by atoms with Crippen LogP contribution in [-0.2, 0) is 10.0 Å². The van der Waals surface area contributed by atoms with Gasteiger partial charge in [0.2, 0.25) is 0 Å². The lowest BCUT2D eigenvalue weighted by molar-refractivity contribution is 0.600. The van der Waals surface area contributed by atoms with E-state index < -0.39 is 10.0 Å². The van der Waals surface area contributed by atoms with Crippen molar-refractivity contribution >= 4 is 15.8 Å². The highest BCUT2D eigenvalue weighted by Gasteiger charge is 2.17. The Bertz CT molecular complexity index is 889. The van der Waals surface area contributed by atoms with E-state index in [1.54, 1.807) is 23.0 Å². The fraction of sp³-hybridized carbons (Fsp3) is 0.0667. The molecule has 0 aliphatic rings. The van der Waals surface area contributed by atoms with E-state index in [1.807, 2.05) is 31.2 Å². The molecule has 6 nitrogen and oxygen atoms in total. The Morgan fingerprint density at radius 1 is 1.05 bits per heavy atom. The number of rotatable bonds is 4. The molecule has 2 aromatic heterocycles. The first-order valence-corrected chi connectivity index (χ1v) is 8.09. The fourth-order valence-corrected chi connectivity index (χ4v) is 3.08. The van der Waals surface area contributed by atoms with E-state index >= 15 is 0 Å². The number of nitrogens with one attached hydrogen (secondary N) is 1. The summed E-state index contributed by atoms with van der Waals surface area (Å²) in [4.78, 5) is 3.94. The predicted octanol–water partition coefficient (Wildman–Crippen LogP) is 2.38. The van der Waals surface area contributed by atoms with E-state index in [-0.39, 0.29) is 4.90 Å². The minimum atomic E-state index is -3.70. The standard InChI is InChI=1S/C15H14N4O2S/c1-12-5-2-3-7-14(12)19-15(8-10-17-19)18-22(20,21)13-6-4-9-16-11-13/h2-11,18H,1H3. The van der Waals surface area contributed by atoms with Crippen LogP contribution in [-0.4, -0.2) is 23.2 Å². The molecule has 0 spiro atoms. The number of aryl methyl sites for hydroxylation is 1. The average Bonchev–Trinajstić information content (AvgIpc) is 2.96. The van der Waals surface area contributed by atoms with Gasteiger partial charge in [0.15, 0.2) is 0 Å². The van der Waals surface area contributed by atoms with Gasteiger partial charge in [-0.15, -0.1) is 0 Å². The number of hydrogen-bond acceptors (Lipinski definition) is 4. The summed E-state index contributed by atoms with van der Waals surface area (Å²) in [5.41, 5.74) is 1.81. The molecule has 1 N–H and O–H groups in total. The number of benzene rings is 1. The van der Waals surface area contributed by atoms with Gasteiger partial charge >= 0.3 is 0 Å². The second-order valence-electron chi connectivity index (χ2n) is 4.71. The van der Waals surface area contributed by atoms with E-state index in [9.17, 15) is 8.42 Å². The smallest absolute Gasteiger partial charge is 0.263 e. The lowest BCUT2D eigenvalue weighted by Crippen LogP contribution is -2.16. The van der Waals surface area contributed by atoms with E-state index in [0.29, 0.717) is 5.82 Å². The normalized spacial score (nSPS) is 11.3. The summed E-state index contributed by atoms with van der Waals surface area (Å²) in [7, 11) is -3.70. The molecule has 3 rings (SSSR count). The van der Waals surface area contributed by atoms with Crippen molar-refractivity contribution in [3.63, 3.8) is 0 Å². The third-order valence-electron chi connectivity index (χ3n) is 3.17. The second-order valence-corrected chi connectivity index (χ2v) is 6.39. The largest absolute Gasteiger partial charge is 0.264 e. The Hall–Kier alpha value is -2.67. The zero-order valence-corrected chi connectivity index (χ0v) is 12.7. The fourth-order valence-electron chi connectivity index (χ4n) is 2.08. The molecule has 0 bridgehead atoms. The first kappa shape index (κ1) is 14.3. The highest BCUT2D eigenvalue weighted by molar-refractivity contribution is 7.92. The van der Waals surface area contributed by atoms with Crippen molar-refractivity contribution in [3.8, 4) is 5.69 Å². The van der Waals surface area contributed by atoms with Crippen molar-refractivity contribution < 1.29 is 8.42 Å². The lowest BCUT2D eigenvalue weighted by Gasteiger charge is -2.12. The van der Waals surface area contributed by atoms with Gasteiger partial charge in [-0.05, 0) is 30.7 Å². The van der Waals surface area contributed by atoms with Gasteiger partial charge in [0, 0.05) is 18.5 Å². The predicted molar refractivity (Wildman–Crippen MR) is 83.3 cm³/mol. The number of para-hydroxylation sites is 1. The highest BCUT2D eigenvalue weighted by atomic mass is 32.2. The molecular weight excluding hydrogens is 300 g/mol. The van der Waals surface area contributed by atoms with Crippen LogP contribution in [0.5, 0.6) is 0 Å². The quantitative estimate of drug-likeness (QED) is 0.802. The summed E-state index contributed by atoms with van der Waals surface area (Å²) in [6, 6.07) is 12.3. The van der Waals surface area contributed by atoms with E-state index in [0.717, 1.165) is 11.3 Å². The first-order chi connectivity index (χ1) is 10.6. The Kier molecular flexibility index (Phi) is 3.64. The third-order valence-corrected chi connectivity index (χ3v) is 4.51. The van der Waals surface area contributed by atoms with Crippen LogP contribution in [0.2, 0.25) is 0 Å². The van der Waals surface area contributed by atoms with Crippen LogP contribution in [0.1, 0.15) is 5.56 Å². The molecule has 0 unspecified atom stereocenters. The molecule has 0 atom stereocenters. The molecule has 112 valence electrons. The number of anilines is 1. The summed E-state index contributed by atoms with van der Waals surface area (Å²) < 4.78 is 28.9. The molecule has 0 saturated heterocycles. The molecule has 0 aliphatic carbocycles. The maximum Gasteiger partial charge on any atom is 0.264 e. The molecule has 2 heterocycles. The monoisotopic (exact) mass is 314 g/mol. The van der Waals surface area contributed by atoms with Gasteiger partial charge in [-0.3, -0.25) is 9.71 Å². The van der Waals surface area contributed by atoms with Crippen molar-refractivity contribution in [2.45, 2.75) is 11.8 Å². The van der Waals surface area contributed by atoms with Crippen LogP contribution < -0.4 is 4.72 Å². The Balaban J connectivity index is 1.99. The number of pyridine rings is 1. The van der Waals surface area contributed by atoms with Crippen LogP contribution in [0.15, 0.2) is 66.0 Å². The van der Waals surface area contributed by atoms with Gasteiger partial charge in [0.25, 0.3) is 10.0 Å². The minimum absolute atomic E-state index is 0.104. The summed E-state index contributed by atoms with van der Waals surface area (Å²) >= 11 is 0. The molecule has 0 saturated carbocycles. The topological polar surface area (TPSA) is 76.9 Å². The van der Waals surface area contributed by atoms with Crippen LogP contribution in [0.4, 0.5) is 5.82 Å². The summed E-state index contributed by atoms with van der Waals surface area (Å²) in [6.45, 7) is 1.94. The minimum Gasteiger partial charge on any atom is -0.263 e. The summed E-state index contributed by atoms with van der Waals surface area (Å²) in [5, 5.41) is 4.20. The van der Waals surface area contributed by atoms with Crippen molar-refractivity contribution in [1.29, 1.82) is 0 Å². The molecule has 3 aromatic rings. The average molecular weight is 314 g/mol. The molecule has 0 radical (unpaired) electrons. The Morgan fingerprint density at radius 2 is 1.86 bits per heavy atom. The van der Waals surface area contributed by atoms with Crippen LogP contribution in [0.3, 0.4) is 0 Å². The van der Waals surface area contributed by atoms with Crippen molar-refractivity contribution in [1.82, 2.24) is 14.8 Å². The lowest BCUT2D eigenvalue weighted by atomic mass is 10.2. The number of aromatic nitrogens is 3. The second kappa shape index (κ2) is 5.61. The molecule has 7 heteroatoms. The number of nitrogens with zero attached hydrogens (tertiary/aromatic N) is 3. The van der Waals surface area contributed by atoms with Gasteiger partial charge in [-0.25, -0.2) is 13.1 Å². The summed E-state index contributed by atoms with van der Waals surface area (Å²) in [6.07, 6.45) is 4.38. The van der Waals surface area contributed by atoms with Crippen molar-refractivity contribution in [2.24, 2.45) is 0 Å². The molecule has 0 aliphatic heterocycles. The van der Waals surface area contributed by atoms with E-state index in [1.165, 1.54) is 18.5 Å². The van der Waals surface area contributed by atoms with Crippen LogP contribution in [0.25, 0.3) is 5.69 Å². The Morgan fingerprint density at radius 3 is 2.59 bits per heavy atom. The molecular formula is C15H14N4O2S. The van der Waals surface area contributed by atoms with Crippen molar-refractivity contribution in [3.05, 3.63) is 66.6 Å². The van der Waals surface area contributed by atoms with Gasteiger partial charge < -0.3 is 0 Å². The molecule has 0 fully saturated rings. The molecule has 1 aromatic carbocycles. The van der Waals surface area contributed by atoms with Crippen LogP contribution in [0, 0.1) is 6.92 Å². The summed E-state index contributed by atoms with van der Waals surface area (Å²) in [5.74, 6) is 0.373. The SMILES string of the molecule is Cc1ccccc1-n1nccc1NS(=O)(=O)c1cccnc1. The maximum absolute atomic E-state index is 12.4. The Labute approximate surface area is 128 Å². The van der Waals surface area contributed by atoms with Gasteiger partial charge in [0.05, 0.1) is 11.9 Å². The first-order valence-electron chi connectivity index (χ1n) is 6.61.